The van der Waals surface area contributed by atoms with Crippen molar-refractivity contribution in [2.75, 3.05) is 0 Å². The third-order valence-electron chi connectivity index (χ3n) is 8.91. The van der Waals surface area contributed by atoms with Gasteiger partial charge in [0.2, 0.25) is 5.91 Å². The van der Waals surface area contributed by atoms with E-state index in [1.807, 2.05) is 0 Å². The lowest BCUT2D eigenvalue weighted by atomic mass is 9.76. The summed E-state index contributed by atoms with van der Waals surface area (Å²) in [5.74, 6) is -2.36. The summed E-state index contributed by atoms with van der Waals surface area (Å²) in [4.78, 5) is 25.3. The van der Waals surface area contributed by atoms with Crippen LogP contribution in [0.1, 0.15) is 68.2 Å². The van der Waals surface area contributed by atoms with Crippen molar-refractivity contribution in [3.63, 3.8) is 0 Å². The number of carboxylic acid groups (broad SMARTS) is 1. The van der Waals surface area contributed by atoms with E-state index < -0.39 is 47.9 Å². The standard InChI is InChI=1S/C29H28F5NO7/c1-27(9-8-16-10-23-24(12-19(16)27)42-29(33,34)41-23)26(38)35-20-13-21(14-2-4-15(5-3-14)25(36)37)39-22-11-17(6-7-18(20)22)40-28(30,31)32/h6-7,10-12,14-15,20-21H,2-5,8-9,13H2,1H3,(H,35,38)(H,36,37)/t14-,15-,20-,21-,27+/m1/s1. The van der Waals surface area contributed by atoms with Gasteiger partial charge in [0, 0.05) is 18.1 Å². The maximum atomic E-state index is 13.9. The third-order valence-corrected chi connectivity index (χ3v) is 8.91. The first kappa shape index (κ1) is 28.4. The van der Waals surface area contributed by atoms with Crippen LogP contribution < -0.4 is 24.3 Å². The summed E-state index contributed by atoms with van der Waals surface area (Å²) in [6, 6.07) is 5.94. The van der Waals surface area contributed by atoms with Gasteiger partial charge < -0.3 is 29.4 Å². The predicted molar refractivity (Wildman–Crippen MR) is 134 cm³/mol. The van der Waals surface area contributed by atoms with Crippen molar-refractivity contribution in [2.24, 2.45) is 11.8 Å². The molecule has 0 spiro atoms. The summed E-state index contributed by atoms with van der Waals surface area (Å²) >= 11 is 0. The molecule has 226 valence electrons. The Labute approximate surface area is 237 Å². The van der Waals surface area contributed by atoms with Crippen LogP contribution in [0.2, 0.25) is 0 Å². The Balaban J connectivity index is 1.27. The van der Waals surface area contributed by atoms with Gasteiger partial charge in [0.25, 0.3) is 0 Å². The van der Waals surface area contributed by atoms with Gasteiger partial charge in [-0.15, -0.1) is 22.0 Å². The van der Waals surface area contributed by atoms with Crippen molar-refractivity contribution in [2.45, 2.75) is 82.1 Å². The van der Waals surface area contributed by atoms with Crippen molar-refractivity contribution >= 4 is 11.9 Å². The van der Waals surface area contributed by atoms with E-state index in [1.54, 1.807) is 6.92 Å². The molecule has 4 aliphatic rings. The van der Waals surface area contributed by atoms with Gasteiger partial charge in [-0.2, -0.15) is 0 Å². The highest BCUT2D eigenvalue weighted by Crippen LogP contribution is 2.50. The number of nitrogens with one attached hydrogen (secondary N) is 1. The number of carbonyl (C=O) groups excluding carboxylic acids is 1. The molecule has 3 atom stereocenters. The Morgan fingerprint density at radius 1 is 1.02 bits per heavy atom. The summed E-state index contributed by atoms with van der Waals surface area (Å²) in [5, 5.41) is 12.4. The Hall–Kier alpha value is -3.77. The first-order valence-corrected chi connectivity index (χ1v) is 13.7. The van der Waals surface area contributed by atoms with Gasteiger partial charge in [0.1, 0.15) is 17.6 Å². The lowest BCUT2D eigenvalue weighted by molar-refractivity contribution is -0.286. The van der Waals surface area contributed by atoms with Gasteiger partial charge in [-0.1, -0.05) is 0 Å². The molecule has 2 aromatic rings. The zero-order valence-electron chi connectivity index (χ0n) is 22.4. The molecule has 2 N–H and O–H groups in total. The van der Waals surface area contributed by atoms with Crippen LogP contribution >= 0.6 is 0 Å². The number of alkyl halides is 5. The molecule has 8 nitrogen and oxygen atoms in total. The van der Waals surface area contributed by atoms with Gasteiger partial charge >= 0.3 is 18.6 Å². The van der Waals surface area contributed by atoms with E-state index in [-0.39, 0.29) is 29.1 Å². The Morgan fingerprint density at radius 2 is 1.71 bits per heavy atom. The summed E-state index contributed by atoms with van der Waals surface area (Å²) in [5.41, 5.74) is 0.589. The number of amides is 1. The van der Waals surface area contributed by atoms with Crippen molar-refractivity contribution < 1.29 is 55.6 Å². The molecule has 2 aliphatic carbocycles. The number of carbonyl (C=O) groups is 2. The molecule has 2 aliphatic heterocycles. The van der Waals surface area contributed by atoms with Crippen LogP contribution in [0.15, 0.2) is 30.3 Å². The smallest absolute Gasteiger partial charge is 0.490 e. The number of carboxylic acids is 1. The first-order chi connectivity index (χ1) is 19.7. The normalized spacial score (nSPS) is 29.2. The van der Waals surface area contributed by atoms with E-state index in [9.17, 15) is 36.6 Å². The summed E-state index contributed by atoms with van der Waals surface area (Å²) < 4.78 is 85.5. The topological polar surface area (TPSA) is 103 Å². The van der Waals surface area contributed by atoms with Crippen LogP contribution in [0.3, 0.4) is 0 Å². The van der Waals surface area contributed by atoms with Crippen LogP contribution in [-0.2, 0) is 21.4 Å². The molecule has 1 amide bonds. The minimum absolute atomic E-state index is 0.0652. The predicted octanol–water partition coefficient (Wildman–Crippen LogP) is 6.01. The molecular weight excluding hydrogens is 569 g/mol. The molecule has 0 aromatic heterocycles. The number of halogens is 5. The fourth-order valence-electron chi connectivity index (χ4n) is 6.67. The van der Waals surface area contributed by atoms with Gasteiger partial charge in [-0.05, 0) is 86.8 Å². The Bertz CT molecular complexity index is 1420. The van der Waals surface area contributed by atoms with Gasteiger partial charge in [-0.3, -0.25) is 9.59 Å². The van der Waals surface area contributed by atoms with Crippen molar-refractivity contribution in [1.82, 2.24) is 5.32 Å². The fraction of sp³-hybridized carbons (Fsp3) is 0.517. The second-order valence-electron chi connectivity index (χ2n) is 11.6. The van der Waals surface area contributed by atoms with Gasteiger partial charge in [0.15, 0.2) is 11.5 Å². The van der Waals surface area contributed by atoms with E-state index in [1.165, 1.54) is 18.2 Å². The molecule has 0 radical (unpaired) electrons. The number of rotatable bonds is 5. The molecule has 2 heterocycles. The number of benzene rings is 2. The third kappa shape index (κ3) is 5.29. The number of fused-ring (bicyclic) bond motifs is 3. The molecular formula is C29H28F5NO7. The second kappa shape index (κ2) is 9.91. The molecule has 2 aromatic carbocycles. The minimum Gasteiger partial charge on any atom is -0.490 e. The van der Waals surface area contributed by atoms with E-state index in [2.05, 4.69) is 19.5 Å². The lowest BCUT2D eigenvalue weighted by Crippen LogP contribution is -2.46. The fourth-order valence-corrected chi connectivity index (χ4v) is 6.67. The summed E-state index contributed by atoms with van der Waals surface area (Å²) in [6.07, 6.45) is -6.03. The molecule has 42 heavy (non-hydrogen) atoms. The lowest BCUT2D eigenvalue weighted by Gasteiger charge is -2.40. The maximum absolute atomic E-state index is 13.9. The minimum atomic E-state index is -4.91. The monoisotopic (exact) mass is 597 g/mol. The summed E-state index contributed by atoms with van der Waals surface area (Å²) in [6.45, 7) is 1.71. The highest BCUT2D eigenvalue weighted by molar-refractivity contribution is 5.90. The number of hydrogen-bond acceptors (Lipinski definition) is 6. The highest BCUT2D eigenvalue weighted by atomic mass is 19.4. The first-order valence-electron chi connectivity index (χ1n) is 13.7. The summed E-state index contributed by atoms with van der Waals surface area (Å²) in [7, 11) is 0. The van der Waals surface area contributed by atoms with Gasteiger partial charge in [-0.25, -0.2) is 0 Å². The Kier molecular flexibility index (Phi) is 6.69. The molecule has 0 bridgehead atoms. The number of hydrogen-bond donors (Lipinski definition) is 2. The van der Waals surface area contributed by atoms with Crippen molar-refractivity contribution in [3.05, 3.63) is 47.0 Å². The van der Waals surface area contributed by atoms with Crippen LogP contribution in [0, 0.1) is 11.8 Å². The van der Waals surface area contributed by atoms with Crippen LogP contribution in [-0.4, -0.2) is 35.7 Å². The quantitative estimate of drug-likeness (QED) is 0.407. The van der Waals surface area contributed by atoms with Gasteiger partial charge in [0.05, 0.1) is 17.4 Å². The average molecular weight is 598 g/mol. The highest BCUT2D eigenvalue weighted by Gasteiger charge is 2.48. The number of aryl methyl sites for hydroxylation is 1. The van der Waals surface area contributed by atoms with Crippen molar-refractivity contribution in [1.29, 1.82) is 0 Å². The van der Waals surface area contributed by atoms with Crippen LogP contribution in [0.4, 0.5) is 22.0 Å². The number of aliphatic carboxylic acids is 1. The zero-order valence-corrected chi connectivity index (χ0v) is 22.4. The molecule has 13 heteroatoms. The SMILES string of the molecule is C[C@]1(C(=O)N[C@@H]2C[C@H]([C@H]3CC[C@H](C(=O)O)CC3)Oc3cc(OC(F)(F)F)ccc32)CCc2cc3c(cc21)OC(F)(F)O3. The van der Waals surface area contributed by atoms with Crippen molar-refractivity contribution in [3.8, 4) is 23.0 Å². The number of ether oxygens (including phenoxy) is 4. The van der Waals surface area contributed by atoms with E-state index in [0.717, 1.165) is 12.1 Å². The molecule has 1 fully saturated rings. The van der Waals surface area contributed by atoms with Crippen LogP contribution in [0.5, 0.6) is 23.0 Å². The largest absolute Gasteiger partial charge is 0.586 e. The zero-order chi connectivity index (χ0) is 30.0. The molecule has 0 saturated heterocycles. The van der Waals surface area contributed by atoms with E-state index in [4.69, 9.17) is 4.74 Å². The second-order valence-corrected chi connectivity index (χ2v) is 11.6. The van der Waals surface area contributed by atoms with Crippen LogP contribution in [0.25, 0.3) is 0 Å². The van der Waals surface area contributed by atoms with E-state index in [0.29, 0.717) is 61.6 Å². The molecule has 6 rings (SSSR count). The maximum Gasteiger partial charge on any atom is 0.586 e. The Morgan fingerprint density at radius 3 is 2.38 bits per heavy atom. The molecule has 0 unspecified atom stereocenters. The average Bonchev–Trinajstić information content (AvgIpc) is 3.40. The molecule has 1 saturated carbocycles. The van der Waals surface area contributed by atoms with E-state index >= 15 is 0 Å².